The normalized spacial score (nSPS) is 13.4. The maximum Gasteiger partial charge on any atom is 0.134 e. The molecule has 0 aliphatic rings. The Kier molecular flexibility index (Phi) is 2.30. The van der Waals surface area contributed by atoms with E-state index in [0.29, 0.717) is 0 Å². The molecule has 0 aliphatic heterocycles. The van der Waals surface area contributed by atoms with Crippen molar-refractivity contribution in [2.75, 3.05) is 0 Å². The Labute approximate surface area is 83.7 Å². The van der Waals surface area contributed by atoms with Crippen LogP contribution in [0, 0.1) is 0 Å². The lowest BCUT2D eigenvalue weighted by molar-refractivity contribution is 0.507. The summed E-state index contributed by atoms with van der Waals surface area (Å²) in [4.78, 5) is 0. The lowest BCUT2D eigenvalue weighted by atomic mass is 10.1. The van der Waals surface area contributed by atoms with Crippen molar-refractivity contribution in [1.29, 1.82) is 0 Å². The minimum absolute atomic E-state index is 0.0302. The quantitative estimate of drug-likeness (QED) is 0.788. The van der Waals surface area contributed by atoms with Gasteiger partial charge in [0, 0.05) is 10.9 Å². The molecule has 1 aromatic heterocycles. The molecule has 74 valence electrons. The van der Waals surface area contributed by atoms with Crippen LogP contribution in [0.5, 0.6) is 0 Å². The molecule has 0 fully saturated rings. The molecule has 2 aromatic rings. The minimum atomic E-state index is -0.0302. The molecule has 0 radical (unpaired) electrons. The second-order valence-electron chi connectivity index (χ2n) is 3.58. The maximum absolute atomic E-state index is 5.86. The van der Waals surface area contributed by atoms with Gasteiger partial charge in [-0.1, -0.05) is 25.1 Å². The summed E-state index contributed by atoms with van der Waals surface area (Å²) in [6.07, 6.45) is 0.966. The van der Waals surface area contributed by atoms with Gasteiger partial charge in [0.15, 0.2) is 0 Å². The van der Waals surface area contributed by atoms with E-state index in [9.17, 15) is 0 Å². The summed E-state index contributed by atoms with van der Waals surface area (Å²) in [7, 11) is 0. The van der Waals surface area contributed by atoms with Gasteiger partial charge in [0.05, 0.1) is 6.04 Å². The van der Waals surface area contributed by atoms with E-state index in [0.717, 1.165) is 17.8 Å². The van der Waals surface area contributed by atoms with Crippen molar-refractivity contribution in [3.05, 3.63) is 35.6 Å². The van der Waals surface area contributed by atoms with E-state index >= 15 is 0 Å². The van der Waals surface area contributed by atoms with Gasteiger partial charge in [-0.2, -0.15) is 0 Å². The van der Waals surface area contributed by atoms with Crippen molar-refractivity contribution >= 4 is 11.0 Å². The van der Waals surface area contributed by atoms with Crippen molar-refractivity contribution in [2.45, 2.75) is 26.3 Å². The SMILES string of the molecule is CCc1c([C@H](C)N)oc2ccccc12. The van der Waals surface area contributed by atoms with Crippen LogP contribution in [-0.4, -0.2) is 0 Å². The Morgan fingerprint density at radius 3 is 2.71 bits per heavy atom. The second kappa shape index (κ2) is 3.46. The number of para-hydroxylation sites is 1. The predicted molar refractivity (Wildman–Crippen MR) is 58.2 cm³/mol. The third-order valence-electron chi connectivity index (χ3n) is 2.50. The number of fused-ring (bicyclic) bond motifs is 1. The Morgan fingerprint density at radius 1 is 1.36 bits per heavy atom. The minimum Gasteiger partial charge on any atom is -0.459 e. The van der Waals surface area contributed by atoms with Crippen LogP contribution in [0.3, 0.4) is 0 Å². The monoisotopic (exact) mass is 189 g/mol. The van der Waals surface area contributed by atoms with Crippen LogP contribution >= 0.6 is 0 Å². The zero-order chi connectivity index (χ0) is 10.1. The predicted octanol–water partition coefficient (Wildman–Crippen LogP) is 3.01. The standard InChI is InChI=1S/C12H15NO/c1-3-9-10-6-4-5-7-11(10)14-12(9)8(2)13/h4-8H,3,13H2,1-2H3/t8-/m0/s1. The first-order valence-electron chi connectivity index (χ1n) is 5.00. The lowest BCUT2D eigenvalue weighted by Gasteiger charge is -2.02. The van der Waals surface area contributed by atoms with Gasteiger partial charge in [0.25, 0.3) is 0 Å². The van der Waals surface area contributed by atoms with E-state index in [2.05, 4.69) is 13.0 Å². The molecule has 0 saturated heterocycles. The first-order chi connectivity index (χ1) is 6.74. The van der Waals surface area contributed by atoms with Crippen molar-refractivity contribution in [3.8, 4) is 0 Å². The molecular formula is C12H15NO. The number of furan rings is 1. The van der Waals surface area contributed by atoms with E-state index in [-0.39, 0.29) is 6.04 Å². The highest BCUT2D eigenvalue weighted by atomic mass is 16.3. The number of hydrogen-bond acceptors (Lipinski definition) is 2. The number of rotatable bonds is 2. The largest absolute Gasteiger partial charge is 0.459 e. The topological polar surface area (TPSA) is 39.2 Å². The van der Waals surface area contributed by atoms with Crippen LogP contribution in [-0.2, 0) is 6.42 Å². The molecule has 2 nitrogen and oxygen atoms in total. The van der Waals surface area contributed by atoms with E-state index in [1.807, 2.05) is 25.1 Å². The first kappa shape index (κ1) is 9.28. The fourth-order valence-electron chi connectivity index (χ4n) is 1.85. The Morgan fingerprint density at radius 2 is 2.07 bits per heavy atom. The molecule has 2 N–H and O–H groups in total. The number of benzene rings is 1. The number of aryl methyl sites for hydroxylation is 1. The van der Waals surface area contributed by atoms with E-state index in [1.165, 1.54) is 10.9 Å². The van der Waals surface area contributed by atoms with Crippen LogP contribution in [0.4, 0.5) is 0 Å². The molecule has 1 heterocycles. The maximum atomic E-state index is 5.86. The van der Waals surface area contributed by atoms with Gasteiger partial charge >= 0.3 is 0 Å². The number of nitrogens with two attached hydrogens (primary N) is 1. The lowest BCUT2D eigenvalue weighted by Crippen LogP contribution is -2.05. The highest BCUT2D eigenvalue weighted by molar-refractivity contribution is 5.82. The molecule has 1 atom stereocenters. The van der Waals surface area contributed by atoms with Gasteiger partial charge in [-0.15, -0.1) is 0 Å². The Balaban J connectivity index is 2.72. The molecule has 0 aliphatic carbocycles. The molecule has 2 rings (SSSR count). The Hall–Kier alpha value is -1.28. The zero-order valence-corrected chi connectivity index (χ0v) is 8.58. The molecule has 0 amide bonds. The molecule has 0 bridgehead atoms. The van der Waals surface area contributed by atoms with Gasteiger partial charge in [-0.25, -0.2) is 0 Å². The average molecular weight is 189 g/mol. The van der Waals surface area contributed by atoms with E-state index in [4.69, 9.17) is 10.2 Å². The zero-order valence-electron chi connectivity index (χ0n) is 8.58. The summed E-state index contributed by atoms with van der Waals surface area (Å²) in [5.74, 6) is 0.925. The average Bonchev–Trinajstić information content (AvgIpc) is 2.56. The van der Waals surface area contributed by atoms with Gasteiger partial charge < -0.3 is 10.2 Å². The summed E-state index contributed by atoms with van der Waals surface area (Å²) < 4.78 is 5.73. The fraction of sp³-hybridized carbons (Fsp3) is 0.333. The van der Waals surface area contributed by atoms with Gasteiger partial charge in [-0.3, -0.25) is 0 Å². The molecule has 0 saturated carbocycles. The molecule has 1 aromatic carbocycles. The van der Waals surface area contributed by atoms with E-state index in [1.54, 1.807) is 0 Å². The summed E-state index contributed by atoms with van der Waals surface area (Å²) in [5.41, 5.74) is 8.05. The molecular weight excluding hydrogens is 174 g/mol. The molecule has 2 heteroatoms. The Bertz CT molecular complexity index is 443. The summed E-state index contributed by atoms with van der Waals surface area (Å²) >= 11 is 0. The van der Waals surface area contributed by atoms with Gasteiger partial charge in [0.1, 0.15) is 11.3 Å². The first-order valence-corrected chi connectivity index (χ1v) is 5.00. The highest BCUT2D eigenvalue weighted by Gasteiger charge is 2.14. The summed E-state index contributed by atoms with van der Waals surface area (Å²) in [5, 5.41) is 1.20. The fourth-order valence-corrected chi connectivity index (χ4v) is 1.85. The smallest absolute Gasteiger partial charge is 0.134 e. The molecule has 14 heavy (non-hydrogen) atoms. The van der Waals surface area contributed by atoms with Crippen LogP contribution in [0.25, 0.3) is 11.0 Å². The third-order valence-corrected chi connectivity index (χ3v) is 2.50. The van der Waals surface area contributed by atoms with Crippen LogP contribution < -0.4 is 5.73 Å². The van der Waals surface area contributed by atoms with Crippen molar-refractivity contribution < 1.29 is 4.42 Å². The van der Waals surface area contributed by atoms with Crippen LogP contribution in [0.1, 0.15) is 31.2 Å². The summed E-state index contributed by atoms with van der Waals surface area (Å²) in [6.45, 7) is 4.08. The second-order valence-corrected chi connectivity index (χ2v) is 3.58. The van der Waals surface area contributed by atoms with Crippen molar-refractivity contribution in [2.24, 2.45) is 5.73 Å². The van der Waals surface area contributed by atoms with Crippen molar-refractivity contribution in [3.63, 3.8) is 0 Å². The van der Waals surface area contributed by atoms with E-state index < -0.39 is 0 Å². The number of hydrogen-bond donors (Lipinski definition) is 1. The van der Waals surface area contributed by atoms with Crippen molar-refractivity contribution in [1.82, 2.24) is 0 Å². The molecule has 0 spiro atoms. The van der Waals surface area contributed by atoms with Gasteiger partial charge in [0.2, 0.25) is 0 Å². The highest BCUT2D eigenvalue weighted by Crippen LogP contribution is 2.29. The van der Waals surface area contributed by atoms with Crippen LogP contribution in [0.2, 0.25) is 0 Å². The summed E-state index contributed by atoms with van der Waals surface area (Å²) in [6, 6.07) is 8.06. The van der Waals surface area contributed by atoms with Crippen LogP contribution in [0.15, 0.2) is 28.7 Å². The van der Waals surface area contributed by atoms with Gasteiger partial charge in [-0.05, 0) is 19.4 Å². The molecule has 0 unspecified atom stereocenters. The third kappa shape index (κ3) is 1.32.